The van der Waals surface area contributed by atoms with Crippen molar-refractivity contribution in [3.05, 3.63) is 64.5 Å². The quantitative estimate of drug-likeness (QED) is 0.386. The first-order chi connectivity index (χ1) is 17.3. The van der Waals surface area contributed by atoms with Gasteiger partial charge < -0.3 is 14.2 Å². The summed E-state index contributed by atoms with van der Waals surface area (Å²) >= 11 is 11.9. The lowest BCUT2D eigenvalue weighted by Gasteiger charge is -2.34. The number of benzene rings is 2. The number of aromatic nitrogens is 2. The lowest BCUT2D eigenvalue weighted by atomic mass is 10.0. The van der Waals surface area contributed by atoms with E-state index in [1.807, 2.05) is 0 Å². The van der Waals surface area contributed by atoms with Crippen LogP contribution in [0.25, 0.3) is 11.4 Å². The second-order valence-corrected chi connectivity index (χ2v) is 11.2. The minimum absolute atomic E-state index is 0.0208. The highest BCUT2D eigenvalue weighted by molar-refractivity contribution is 7.89. The van der Waals surface area contributed by atoms with Crippen LogP contribution in [0, 0.1) is 0 Å². The summed E-state index contributed by atoms with van der Waals surface area (Å²) in [6.07, 6.45) is 2.31. The van der Waals surface area contributed by atoms with Gasteiger partial charge in [-0.3, -0.25) is 4.79 Å². The molecule has 1 aliphatic heterocycles. The molecule has 0 radical (unpaired) electrons. The number of ether oxygens (including phenoxy) is 1. The Balaban J connectivity index is 1.55. The molecule has 4 rings (SSSR count). The Bertz CT molecular complexity index is 1280. The van der Waals surface area contributed by atoms with Crippen molar-refractivity contribution in [3.63, 3.8) is 0 Å². The number of piperidine rings is 1. The molecule has 2 aromatic carbocycles. The average molecular weight is 553 g/mol. The summed E-state index contributed by atoms with van der Waals surface area (Å²) in [5.41, 5.74) is 0.739. The fourth-order valence-electron chi connectivity index (χ4n) is 4.05. The van der Waals surface area contributed by atoms with Gasteiger partial charge in [0, 0.05) is 35.8 Å². The van der Waals surface area contributed by atoms with Crippen molar-refractivity contribution >= 4 is 39.1 Å². The van der Waals surface area contributed by atoms with Gasteiger partial charge in [-0.25, -0.2) is 8.42 Å². The topological polar surface area (TPSA) is 106 Å². The summed E-state index contributed by atoms with van der Waals surface area (Å²) in [4.78, 5) is 19.7. The van der Waals surface area contributed by atoms with Gasteiger partial charge in [0.2, 0.25) is 27.6 Å². The van der Waals surface area contributed by atoms with Crippen LogP contribution in [-0.4, -0.2) is 67.0 Å². The summed E-state index contributed by atoms with van der Waals surface area (Å²) in [5.74, 6) is 0.364. The van der Waals surface area contributed by atoms with Gasteiger partial charge in [0.25, 0.3) is 0 Å². The van der Waals surface area contributed by atoms with Crippen molar-refractivity contribution in [2.45, 2.75) is 30.2 Å². The van der Waals surface area contributed by atoms with Crippen molar-refractivity contribution < 1.29 is 22.5 Å². The van der Waals surface area contributed by atoms with Gasteiger partial charge in [0.15, 0.2) is 0 Å². The van der Waals surface area contributed by atoms with E-state index in [1.165, 1.54) is 31.4 Å². The lowest BCUT2D eigenvalue weighted by Crippen LogP contribution is -2.46. The maximum absolute atomic E-state index is 13.5. The highest BCUT2D eigenvalue weighted by Crippen LogP contribution is 2.32. The number of hydrogen-bond donors (Lipinski definition) is 0. The third-order valence-electron chi connectivity index (χ3n) is 5.96. The molecule has 1 saturated heterocycles. The largest absolute Gasteiger partial charge is 0.383 e. The van der Waals surface area contributed by atoms with Gasteiger partial charge in [0.05, 0.1) is 18.0 Å². The highest BCUT2D eigenvalue weighted by atomic mass is 35.5. The number of likely N-dealkylation sites (tertiary alicyclic amines) is 1. The van der Waals surface area contributed by atoms with E-state index in [0.29, 0.717) is 34.7 Å². The summed E-state index contributed by atoms with van der Waals surface area (Å²) in [7, 11) is -2.48. The molecule has 9 nitrogen and oxygen atoms in total. The number of carbonyl (C=O) groups is 1. The SMILES string of the molecule is COCCN(CC(=O)N1CCCCC1c1nc(-c2ccc(Cl)cc2)no1)S(=O)(=O)c1ccc(Cl)cc1. The number of methoxy groups -OCH3 is 1. The molecular weight excluding hydrogens is 527 g/mol. The number of halogens is 2. The van der Waals surface area contributed by atoms with Crippen LogP contribution in [0.4, 0.5) is 0 Å². The first-order valence-corrected chi connectivity index (χ1v) is 13.6. The molecule has 0 spiro atoms. The molecule has 1 atom stereocenters. The van der Waals surface area contributed by atoms with Crippen LogP contribution in [0.5, 0.6) is 0 Å². The molecule has 0 bridgehead atoms. The van der Waals surface area contributed by atoms with E-state index in [0.717, 1.165) is 22.7 Å². The summed E-state index contributed by atoms with van der Waals surface area (Å²) < 4.78 is 38.4. The van der Waals surface area contributed by atoms with Crippen molar-refractivity contribution in [1.29, 1.82) is 0 Å². The van der Waals surface area contributed by atoms with Gasteiger partial charge in [0.1, 0.15) is 6.04 Å². The predicted octanol–water partition coefficient (Wildman–Crippen LogP) is 4.43. The van der Waals surface area contributed by atoms with E-state index in [4.69, 9.17) is 32.5 Å². The molecule has 2 heterocycles. The Morgan fingerprint density at radius 2 is 1.78 bits per heavy atom. The van der Waals surface area contributed by atoms with E-state index < -0.39 is 16.1 Å². The molecule has 36 heavy (non-hydrogen) atoms. The number of rotatable bonds is 9. The molecule has 0 N–H and O–H groups in total. The zero-order chi connectivity index (χ0) is 25.7. The Morgan fingerprint density at radius 3 is 2.44 bits per heavy atom. The predicted molar refractivity (Wildman–Crippen MR) is 135 cm³/mol. The zero-order valence-corrected chi connectivity index (χ0v) is 22.0. The van der Waals surface area contributed by atoms with Crippen LogP contribution < -0.4 is 0 Å². The smallest absolute Gasteiger partial charge is 0.249 e. The van der Waals surface area contributed by atoms with E-state index in [2.05, 4.69) is 10.1 Å². The fourth-order valence-corrected chi connectivity index (χ4v) is 5.67. The minimum atomic E-state index is -3.96. The Labute approximate surface area is 220 Å². The monoisotopic (exact) mass is 552 g/mol. The lowest BCUT2D eigenvalue weighted by molar-refractivity contribution is -0.136. The molecule has 0 aliphatic carbocycles. The zero-order valence-electron chi connectivity index (χ0n) is 19.6. The molecule has 1 amide bonds. The minimum Gasteiger partial charge on any atom is -0.383 e. The number of amides is 1. The molecular formula is C24H26Cl2N4O5S. The first kappa shape index (κ1) is 26.6. The average Bonchev–Trinajstić information content (AvgIpc) is 3.37. The van der Waals surface area contributed by atoms with Crippen LogP contribution in [0.1, 0.15) is 31.2 Å². The fraction of sp³-hybridized carbons (Fsp3) is 0.375. The van der Waals surface area contributed by atoms with Gasteiger partial charge in [-0.05, 0) is 67.8 Å². The molecule has 1 aliphatic rings. The van der Waals surface area contributed by atoms with E-state index >= 15 is 0 Å². The second-order valence-electron chi connectivity index (χ2n) is 8.35. The van der Waals surface area contributed by atoms with Crippen molar-refractivity contribution in [2.75, 3.05) is 33.4 Å². The van der Waals surface area contributed by atoms with Gasteiger partial charge in [-0.2, -0.15) is 9.29 Å². The molecule has 1 aromatic heterocycles. The molecule has 192 valence electrons. The normalized spacial score (nSPS) is 16.4. The molecule has 1 unspecified atom stereocenters. The number of nitrogens with zero attached hydrogens (tertiary/aromatic N) is 4. The van der Waals surface area contributed by atoms with Gasteiger partial charge >= 0.3 is 0 Å². The van der Waals surface area contributed by atoms with Gasteiger partial charge in [-0.1, -0.05) is 28.4 Å². The third kappa shape index (κ3) is 6.07. The Kier molecular flexibility index (Phi) is 8.63. The van der Waals surface area contributed by atoms with Crippen molar-refractivity contribution in [2.24, 2.45) is 0 Å². The van der Waals surface area contributed by atoms with Crippen LogP contribution >= 0.6 is 23.2 Å². The van der Waals surface area contributed by atoms with Gasteiger partial charge in [-0.15, -0.1) is 0 Å². The van der Waals surface area contributed by atoms with Crippen molar-refractivity contribution in [1.82, 2.24) is 19.3 Å². The maximum Gasteiger partial charge on any atom is 0.249 e. The van der Waals surface area contributed by atoms with Crippen LogP contribution in [0.3, 0.4) is 0 Å². The van der Waals surface area contributed by atoms with Crippen LogP contribution in [-0.2, 0) is 19.6 Å². The van der Waals surface area contributed by atoms with Crippen LogP contribution in [0.15, 0.2) is 57.9 Å². The molecule has 3 aromatic rings. The first-order valence-electron chi connectivity index (χ1n) is 11.4. The molecule has 12 heteroatoms. The van der Waals surface area contributed by atoms with E-state index in [1.54, 1.807) is 29.2 Å². The van der Waals surface area contributed by atoms with E-state index in [9.17, 15) is 13.2 Å². The third-order valence-corrected chi connectivity index (χ3v) is 8.32. The Morgan fingerprint density at radius 1 is 1.11 bits per heavy atom. The second kappa shape index (κ2) is 11.7. The van der Waals surface area contributed by atoms with Crippen LogP contribution in [0.2, 0.25) is 10.0 Å². The van der Waals surface area contributed by atoms with Crippen molar-refractivity contribution in [3.8, 4) is 11.4 Å². The summed E-state index contributed by atoms with van der Waals surface area (Å²) in [6.45, 7) is 0.273. The molecule has 1 fully saturated rings. The number of carbonyl (C=O) groups excluding carboxylic acids is 1. The number of sulfonamides is 1. The standard InChI is InChI=1S/C24H26Cl2N4O5S/c1-34-15-14-29(36(32,33)20-11-9-19(26)10-12-20)16-22(31)30-13-3-2-4-21(30)24-27-23(28-35-24)17-5-7-18(25)8-6-17/h5-12,21H,2-4,13-16H2,1H3. The molecule has 0 saturated carbocycles. The van der Waals surface area contributed by atoms with E-state index in [-0.39, 0.29) is 30.5 Å². The number of hydrogen-bond acceptors (Lipinski definition) is 7. The highest BCUT2D eigenvalue weighted by Gasteiger charge is 2.35. The summed E-state index contributed by atoms with van der Waals surface area (Å²) in [6, 6.07) is 12.4. The summed E-state index contributed by atoms with van der Waals surface area (Å²) in [5, 5.41) is 5.09. The Hall–Kier alpha value is -2.50. The maximum atomic E-state index is 13.5.